The van der Waals surface area contributed by atoms with E-state index in [1.807, 2.05) is 6.92 Å². The van der Waals surface area contributed by atoms with Crippen LogP contribution in [0.2, 0.25) is 0 Å². The van der Waals surface area contributed by atoms with Crippen LogP contribution >= 0.6 is 0 Å². The number of aliphatic hydroxyl groups is 1. The number of likely N-dealkylation sites (tertiary alicyclic amines) is 1. The van der Waals surface area contributed by atoms with Crippen molar-refractivity contribution in [3.63, 3.8) is 0 Å². The minimum absolute atomic E-state index is 0.0188. The molecule has 17 heavy (non-hydrogen) atoms. The van der Waals surface area contributed by atoms with Crippen LogP contribution < -0.4 is 5.32 Å². The molecule has 0 saturated carbocycles. The van der Waals surface area contributed by atoms with Gasteiger partial charge in [-0.2, -0.15) is 0 Å². The summed E-state index contributed by atoms with van der Waals surface area (Å²) >= 11 is 0. The summed E-state index contributed by atoms with van der Waals surface area (Å²) in [6.07, 6.45) is 1.41. The highest BCUT2D eigenvalue weighted by Gasteiger charge is 2.32. The fraction of sp³-hybridized carbons (Fsp3) is 0.923. The number of nitrogens with one attached hydrogen (secondary N) is 1. The van der Waals surface area contributed by atoms with Gasteiger partial charge in [-0.1, -0.05) is 6.92 Å². The van der Waals surface area contributed by atoms with Crippen molar-refractivity contribution in [2.45, 2.75) is 58.7 Å². The van der Waals surface area contributed by atoms with Crippen LogP contribution in [-0.2, 0) is 4.79 Å². The Hall–Kier alpha value is -0.610. The highest BCUT2D eigenvalue weighted by atomic mass is 16.3. The van der Waals surface area contributed by atoms with Crippen LogP contribution in [0.15, 0.2) is 0 Å². The van der Waals surface area contributed by atoms with Crippen molar-refractivity contribution in [2.24, 2.45) is 5.92 Å². The van der Waals surface area contributed by atoms with Gasteiger partial charge in [0.05, 0.1) is 6.10 Å². The standard InChI is InChI=1S/C13H26N2O2/c1-5-13(17)11-6-12(14-10(4)16)8-15(7-11)9(2)3/h9,11-13,17H,5-8H2,1-4H3,(H,14,16). The maximum absolute atomic E-state index is 11.1. The molecule has 1 aliphatic heterocycles. The summed E-state index contributed by atoms with van der Waals surface area (Å²) in [6, 6.07) is 0.632. The molecule has 2 N–H and O–H groups in total. The van der Waals surface area contributed by atoms with Crippen LogP contribution in [0.5, 0.6) is 0 Å². The van der Waals surface area contributed by atoms with Crippen molar-refractivity contribution in [3.8, 4) is 0 Å². The molecule has 0 aromatic heterocycles. The van der Waals surface area contributed by atoms with E-state index in [4.69, 9.17) is 0 Å². The number of amides is 1. The Morgan fingerprint density at radius 1 is 1.47 bits per heavy atom. The Labute approximate surface area is 104 Å². The molecule has 0 aromatic carbocycles. The van der Waals surface area contributed by atoms with E-state index < -0.39 is 0 Å². The second-order valence-corrected chi connectivity index (χ2v) is 5.42. The number of hydrogen-bond acceptors (Lipinski definition) is 3. The van der Waals surface area contributed by atoms with E-state index in [1.54, 1.807) is 6.92 Å². The fourth-order valence-corrected chi connectivity index (χ4v) is 2.60. The molecule has 0 bridgehead atoms. The monoisotopic (exact) mass is 242 g/mol. The molecule has 0 aliphatic carbocycles. The van der Waals surface area contributed by atoms with E-state index in [-0.39, 0.29) is 24.0 Å². The molecule has 4 heteroatoms. The molecule has 0 spiro atoms. The van der Waals surface area contributed by atoms with Gasteiger partial charge >= 0.3 is 0 Å². The molecule has 3 atom stereocenters. The molecule has 4 nitrogen and oxygen atoms in total. The van der Waals surface area contributed by atoms with E-state index in [9.17, 15) is 9.90 Å². The first-order chi connectivity index (χ1) is 7.93. The normalized spacial score (nSPS) is 28.1. The Morgan fingerprint density at radius 2 is 2.12 bits per heavy atom. The molecule has 1 saturated heterocycles. The van der Waals surface area contributed by atoms with Crippen molar-refractivity contribution in [1.82, 2.24) is 10.2 Å². The third-order valence-electron chi connectivity index (χ3n) is 3.61. The molecular formula is C13H26N2O2. The Kier molecular flexibility index (Phi) is 5.40. The van der Waals surface area contributed by atoms with Crippen molar-refractivity contribution >= 4 is 5.91 Å². The zero-order valence-corrected chi connectivity index (χ0v) is 11.4. The van der Waals surface area contributed by atoms with Gasteiger partial charge in [-0.05, 0) is 32.6 Å². The van der Waals surface area contributed by atoms with Gasteiger partial charge in [0, 0.05) is 32.1 Å². The predicted octanol–water partition coefficient (Wildman–Crippen LogP) is 0.992. The van der Waals surface area contributed by atoms with Crippen molar-refractivity contribution in [1.29, 1.82) is 0 Å². The average Bonchev–Trinajstić information content (AvgIpc) is 2.26. The molecule has 100 valence electrons. The number of nitrogens with zero attached hydrogens (tertiary/aromatic N) is 1. The minimum atomic E-state index is -0.257. The number of hydrogen-bond donors (Lipinski definition) is 2. The highest BCUT2D eigenvalue weighted by Crippen LogP contribution is 2.23. The second kappa shape index (κ2) is 6.36. The Morgan fingerprint density at radius 3 is 2.59 bits per heavy atom. The SMILES string of the molecule is CCC(O)C1CC(NC(C)=O)CN(C(C)C)C1. The van der Waals surface area contributed by atoms with Crippen molar-refractivity contribution in [3.05, 3.63) is 0 Å². The van der Waals surface area contributed by atoms with Gasteiger partial charge in [0.15, 0.2) is 0 Å². The summed E-state index contributed by atoms with van der Waals surface area (Å²) in [5.74, 6) is 0.290. The zero-order valence-electron chi connectivity index (χ0n) is 11.4. The summed E-state index contributed by atoms with van der Waals surface area (Å²) in [5, 5.41) is 13.0. The van der Waals surface area contributed by atoms with E-state index >= 15 is 0 Å². The summed E-state index contributed by atoms with van der Waals surface area (Å²) < 4.78 is 0. The van der Waals surface area contributed by atoms with Crippen LogP contribution in [0.3, 0.4) is 0 Å². The highest BCUT2D eigenvalue weighted by molar-refractivity contribution is 5.73. The van der Waals surface area contributed by atoms with Crippen LogP contribution in [0.25, 0.3) is 0 Å². The van der Waals surface area contributed by atoms with Crippen LogP contribution in [-0.4, -0.2) is 47.2 Å². The maximum Gasteiger partial charge on any atom is 0.217 e. The third kappa shape index (κ3) is 4.28. The van der Waals surface area contributed by atoms with Crippen LogP contribution in [0.1, 0.15) is 40.5 Å². The summed E-state index contributed by atoms with van der Waals surface area (Å²) in [4.78, 5) is 13.5. The Balaban J connectivity index is 2.65. The maximum atomic E-state index is 11.1. The van der Waals surface area contributed by atoms with Crippen molar-refractivity contribution in [2.75, 3.05) is 13.1 Å². The molecule has 0 aromatic rings. The summed E-state index contributed by atoms with van der Waals surface area (Å²) in [7, 11) is 0. The quantitative estimate of drug-likeness (QED) is 0.773. The van der Waals surface area contributed by atoms with Gasteiger partial charge < -0.3 is 10.4 Å². The lowest BCUT2D eigenvalue weighted by atomic mass is 9.88. The van der Waals surface area contributed by atoms with E-state index in [2.05, 4.69) is 24.1 Å². The Bertz CT molecular complexity index is 256. The van der Waals surface area contributed by atoms with Crippen LogP contribution in [0.4, 0.5) is 0 Å². The number of piperidine rings is 1. The molecule has 1 heterocycles. The summed E-state index contributed by atoms with van der Waals surface area (Å²) in [5.41, 5.74) is 0. The topological polar surface area (TPSA) is 52.6 Å². The van der Waals surface area contributed by atoms with Gasteiger partial charge in [-0.25, -0.2) is 0 Å². The first kappa shape index (κ1) is 14.5. The van der Waals surface area contributed by atoms with Crippen LogP contribution in [0, 0.1) is 5.92 Å². The first-order valence-electron chi connectivity index (χ1n) is 6.63. The van der Waals surface area contributed by atoms with E-state index in [0.29, 0.717) is 6.04 Å². The summed E-state index contributed by atoms with van der Waals surface area (Å²) in [6.45, 7) is 9.70. The first-order valence-corrected chi connectivity index (χ1v) is 6.63. The van der Waals surface area contributed by atoms with E-state index in [0.717, 1.165) is 25.9 Å². The number of aliphatic hydroxyl groups excluding tert-OH is 1. The lowest BCUT2D eigenvalue weighted by molar-refractivity contribution is -0.120. The number of rotatable bonds is 4. The van der Waals surface area contributed by atoms with E-state index in [1.165, 1.54) is 0 Å². The predicted molar refractivity (Wildman–Crippen MR) is 68.7 cm³/mol. The number of carbonyl (C=O) groups is 1. The van der Waals surface area contributed by atoms with Gasteiger partial charge in [0.1, 0.15) is 0 Å². The average molecular weight is 242 g/mol. The van der Waals surface area contributed by atoms with Gasteiger partial charge in [-0.3, -0.25) is 9.69 Å². The molecular weight excluding hydrogens is 216 g/mol. The smallest absolute Gasteiger partial charge is 0.217 e. The minimum Gasteiger partial charge on any atom is -0.393 e. The van der Waals surface area contributed by atoms with Gasteiger partial charge in [-0.15, -0.1) is 0 Å². The third-order valence-corrected chi connectivity index (χ3v) is 3.61. The van der Waals surface area contributed by atoms with Gasteiger partial charge in [0.25, 0.3) is 0 Å². The fourth-order valence-electron chi connectivity index (χ4n) is 2.60. The largest absolute Gasteiger partial charge is 0.393 e. The lowest BCUT2D eigenvalue weighted by Gasteiger charge is -2.41. The zero-order chi connectivity index (χ0) is 13.0. The second-order valence-electron chi connectivity index (χ2n) is 5.42. The molecule has 1 fully saturated rings. The molecule has 1 aliphatic rings. The number of carbonyl (C=O) groups excluding carboxylic acids is 1. The van der Waals surface area contributed by atoms with Gasteiger partial charge in [0.2, 0.25) is 5.91 Å². The molecule has 1 rings (SSSR count). The van der Waals surface area contributed by atoms with Crippen molar-refractivity contribution < 1.29 is 9.90 Å². The lowest BCUT2D eigenvalue weighted by Crippen LogP contribution is -2.54. The molecule has 0 radical (unpaired) electrons. The molecule has 1 amide bonds. The molecule has 3 unspecified atom stereocenters.